The zero-order chi connectivity index (χ0) is 28.3. The van der Waals surface area contributed by atoms with Gasteiger partial charge in [0.2, 0.25) is 11.8 Å². The second kappa shape index (κ2) is 11.5. The molecule has 0 bridgehead atoms. The fourth-order valence-electron chi connectivity index (χ4n) is 5.71. The van der Waals surface area contributed by atoms with Crippen molar-refractivity contribution in [3.63, 3.8) is 0 Å². The summed E-state index contributed by atoms with van der Waals surface area (Å²) in [6.07, 6.45) is 19.1. The van der Waals surface area contributed by atoms with Gasteiger partial charge < -0.3 is 14.1 Å². The van der Waals surface area contributed by atoms with Crippen LogP contribution >= 0.6 is 0 Å². The molecule has 3 aliphatic rings. The number of hydrogen-bond donors (Lipinski definition) is 0. The molecule has 0 fully saturated rings. The van der Waals surface area contributed by atoms with Gasteiger partial charge in [-0.2, -0.15) is 0 Å². The van der Waals surface area contributed by atoms with E-state index in [4.69, 9.17) is 19.1 Å². The van der Waals surface area contributed by atoms with Crippen molar-refractivity contribution in [1.82, 2.24) is 4.98 Å². The largest absolute Gasteiger partial charge is 0.468 e. The fourth-order valence-corrected chi connectivity index (χ4v) is 5.71. The number of nitrogens with zero attached hydrogens (tertiary/aromatic N) is 3. The SMILES string of the molecule is CC1N=C(c2ccccc2)OC1/C=C/N(c1ccc(C2C=CC=CC2)cc1)C1C=c2oc(-c3ccccc3)nc2=CC1. The molecule has 1 aliphatic heterocycles. The number of hydrogen-bond acceptors (Lipinski definition) is 5. The van der Waals surface area contributed by atoms with Crippen LogP contribution in [0, 0.1) is 0 Å². The van der Waals surface area contributed by atoms with E-state index < -0.39 is 0 Å². The number of ether oxygens (including phenoxy) is 1. The molecule has 0 N–H and O–H groups in total. The van der Waals surface area contributed by atoms with Gasteiger partial charge in [-0.1, -0.05) is 78.9 Å². The number of aliphatic imine (C=N–C) groups is 1. The molecular formula is C37H33N3O2. The summed E-state index contributed by atoms with van der Waals surface area (Å²) >= 11 is 0. The summed E-state index contributed by atoms with van der Waals surface area (Å²) in [5.74, 6) is 1.76. The molecule has 4 aromatic rings. The molecule has 7 rings (SSSR count). The quantitative estimate of drug-likeness (QED) is 0.262. The standard InChI is InChI=1S/C37H33N3O2/c1-26-34(41-36(38-26)29-13-7-3-8-14-29)23-24-40(31-19-17-28(18-20-31)27-11-5-2-6-12-27)32-21-22-33-35(25-32)42-37(39-33)30-15-9-4-10-16-30/h2-11,13-20,22-27,32,34H,12,21H2,1H3/b24-23+. The molecular weight excluding hydrogens is 518 g/mol. The Balaban J connectivity index is 1.19. The van der Waals surface area contributed by atoms with Crippen LogP contribution in [0.3, 0.4) is 0 Å². The highest BCUT2D eigenvalue weighted by molar-refractivity contribution is 5.95. The van der Waals surface area contributed by atoms with Crippen LogP contribution in [0.1, 0.15) is 36.8 Å². The summed E-state index contributed by atoms with van der Waals surface area (Å²) < 4.78 is 12.6. The fraction of sp³-hybridized carbons (Fsp3) is 0.189. The van der Waals surface area contributed by atoms with Gasteiger partial charge >= 0.3 is 0 Å². The van der Waals surface area contributed by atoms with Gasteiger partial charge in [-0.15, -0.1) is 0 Å². The van der Waals surface area contributed by atoms with Gasteiger partial charge in [0.05, 0.1) is 12.1 Å². The molecule has 0 saturated heterocycles. The summed E-state index contributed by atoms with van der Waals surface area (Å²) in [6.45, 7) is 2.10. The summed E-state index contributed by atoms with van der Waals surface area (Å²) in [5, 5.41) is 0.898. The van der Waals surface area contributed by atoms with E-state index >= 15 is 0 Å². The van der Waals surface area contributed by atoms with Crippen LogP contribution in [0.2, 0.25) is 0 Å². The predicted molar refractivity (Wildman–Crippen MR) is 170 cm³/mol. The number of fused-ring (bicyclic) bond motifs is 1. The van der Waals surface area contributed by atoms with Crippen LogP contribution in [0.5, 0.6) is 0 Å². The molecule has 0 amide bonds. The Labute approximate surface area is 246 Å². The van der Waals surface area contributed by atoms with Crippen LogP contribution in [-0.4, -0.2) is 29.1 Å². The van der Waals surface area contributed by atoms with Crippen LogP contribution in [0.25, 0.3) is 23.6 Å². The Kier molecular flexibility index (Phi) is 7.15. The summed E-state index contributed by atoms with van der Waals surface area (Å²) in [6, 6.07) is 29.2. The van der Waals surface area contributed by atoms with E-state index in [-0.39, 0.29) is 18.2 Å². The van der Waals surface area contributed by atoms with Crippen molar-refractivity contribution in [2.45, 2.75) is 43.9 Å². The molecule has 4 unspecified atom stereocenters. The highest BCUT2D eigenvalue weighted by atomic mass is 16.5. The molecule has 5 heteroatoms. The Bertz CT molecular complexity index is 1780. The van der Waals surface area contributed by atoms with Crippen LogP contribution < -0.4 is 15.7 Å². The van der Waals surface area contributed by atoms with Gasteiger partial charge in [-0.05, 0) is 73.9 Å². The smallest absolute Gasteiger partial charge is 0.227 e. The van der Waals surface area contributed by atoms with Gasteiger partial charge in [0.1, 0.15) is 11.5 Å². The monoisotopic (exact) mass is 551 g/mol. The summed E-state index contributed by atoms with van der Waals surface area (Å²) in [5.41, 5.74) is 5.22. The van der Waals surface area contributed by atoms with E-state index in [0.29, 0.717) is 17.7 Å². The van der Waals surface area contributed by atoms with E-state index in [1.165, 1.54) is 5.56 Å². The van der Waals surface area contributed by atoms with E-state index in [9.17, 15) is 0 Å². The average molecular weight is 552 g/mol. The average Bonchev–Trinajstić information content (AvgIpc) is 3.66. The molecule has 0 radical (unpaired) electrons. The first-order chi connectivity index (χ1) is 20.7. The zero-order valence-electron chi connectivity index (χ0n) is 23.6. The third-order valence-electron chi connectivity index (χ3n) is 8.06. The van der Waals surface area contributed by atoms with Crippen molar-refractivity contribution in [3.05, 3.63) is 143 Å². The van der Waals surface area contributed by atoms with Gasteiger partial charge in [0.15, 0.2) is 5.42 Å². The van der Waals surface area contributed by atoms with Crippen molar-refractivity contribution >= 4 is 23.7 Å². The number of benzene rings is 3. The molecule has 5 nitrogen and oxygen atoms in total. The number of anilines is 1. The number of oxazole rings is 1. The molecule has 0 saturated carbocycles. The highest BCUT2D eigenvalue weighted by Crippen LogP contribution is 2.29. The maximum atomic E-state index is 6.32. The van der Waals surface area contributed by atoms with Crippen LogP contribution in [0.4, 0.5) is 5.69 Å². The minimum absolute atomic E-state index is 0.0167. The third kappa shape index (κ3) is 5.38. The molecule has 3 aromatic carbocycles. The second-order valence-electron chi connectivity index (χ2n) is 10.9. The zero-order valence-corrected chi connectivity index (χ0v) is 23.6. The number of aromatic nitrogens is 1. The Hall–Kier alpha value is -4.90. The minimum atomic E-state index is -0.153. The molecule has 0 spiro atoms. The first-order valence-electron chi connectivity index (χ1n) is 14.7. The van der Waals surface area contributed by atoms with Gasteiger partial charge in [-0.25, -0.2) is 9.98 Å². The van der Waals surface area contributed by atoms with E-state index in [1.807, 2.05) is 60.7 Å². The minimum Gasteiger partial charge on any atom is -0.468 e. The third-order valence-corrected chi connectivity index (χ3v) is 8.06. The first kappa shape index (κ1) is 26.0. The molecule has 2 aliphatic carbocycles. The Morgan fingerprint density at radius 3 is 2.36 bits per heavy atom. The van der Waals surface area contributed by atoms with Crippen LogP contribution in [0.15, 0.2) is 131 Å². The van der Waals surface area contributed by atoms with Gasteiger partial charge in [-0.3, -0.25) is 0 Å². The molecule has 208 valence electrons. The number of rotatable bonds is 7. The predicted octanol–water partition coefficient (Wildman–Crippen LogP) is 6.53. The molecule has 4 atom stereocenters. The molecule has 2 heterocycles. The Morgan fingerprint density at radius 1 is 0.857 bits per heavy atom. The molecule has 42 heavy (non-hydrogen) atoms. The lowest BCUT2D eigenvalue weighted by Crippen LogP contribution is -2.37. The maximum absolute atomic E-state index is 6.32. The maximum Gasteiger partial charge on any atom is 0.227 e. The van der Waals surface area contributed by atoms with E-state index in [2.05, 4.69) is 84.8 Å². The van der Waals surface area contributed by atoms with Crippen LogP contribution in [-0.2, 0) is 4.74 Å². The lowest BCUT2D eigenvalue weighted by molar-refractivity contribution is 0.247. The van der Waals surface area contributed by atoms with Crippen molar-refractivity contribution in [1.29, 1.82) is 0 Å². The van der Waals surface area contributed by atoms with E-state index in [0.717, 1.165) is 40.4 Å². The molecule has 1 aromatic heterocycles. The Morgan fingerprint density at radius 2 is 1.62 bits per heavy atom. The topological polar surface area (TPSA) is 50.9 Å². The van der Waals surface area contributed by atoms with Crippen molar-refractivity contribution < 1.29 is 9.15 Å². The lowest BCUT2D eigenvalue weighted by Gasteiger charge is -2.29. The van der Waals surface area contributed by atoms with Crippen molar-refractivity contribution in [3.8, 4) is 11.5 Å². The number of allylic oxidation sites excluding steroid dienone is 4. The summed E-state index contributed by atoms with van der Waals surface area (Å²) in [4.78, 5) is 11.9. The summed E-state index contributed by atoms with van der Waals surface area (Å²) in [7, 11) is 0. The lowest BCUT2D eigenvalue weighted by atomic mass is 9.92. The highest BCUT2D eigenvalue weighted by Gasteiger charge is 2.27. The van der Waals surface area contributed by atoms with Gasteiger partial charge in [0.25, 0.3) is 0 Å². The van der Waals surface area contributed by atoms with E-state index in [1.54, 1.807) is 0 Å². The second-order valence-corrected chi connectivity index (χ2v) is 10.9. The first-order valence-corrected chi connectivity index (χ1v) is 14.7. The van der Waals surface area contributed by atoms with Crippen molar-refractivity contribution in [2.75, 3.05) is 4.90 Å². The normalized spacial score (nSPS) is 22.6. The van der Waals surface area contributed by atoms with Gasteiger partial charge in [0, 0.05) is 28.9 Å². The van der Waals surface area contributed by atoms with Crippen molar-refractivity contribution in [2.24, 2.45) is 4.99 Å².